The quantitative estimate of drug-likeness (QED) is 0.356. The minimum Gasteiger partial charge on any atom is -0.427 e. The first kappa shape index (κ1) is 19.3. The summed E-state index contributed by atoms with van der Waals surface area (Å²) in [7, 11) is 0. The smallest absolute Gasteiger partial charge is 0.353 e. The minimum absolute atomic E-state index is 0.0777. The zero-order chi connectivity index (χ0) is 20.3. The summed E-state index contributed by atoms with van der Waals surface area (Å²) in [6, 6.07) is 11.9. The third-order valence-electron chi connectivity index (χ3n) is 3.55. The molecule has 0 aliphatic rings. The van der Waals surface area contributed by atoms with Crippen molar-refractivity contribution in [2.75, 3.05) is 0 Å². The van der Waals surface area contributed by atoms with Crippen LogP contribution in [0, 0.1) is 22.9 Å². The van der Waals surface area contributed by atoms with Crippen LogP contribution in [0.1, 0.15) is 16.1 Å². The molecule has 3 aromatic rings. The molecule has 0 fully saturated rings. The highest BCUT2D eigenvalue weighted by Crippen LogP contribution is 2.37. The van der Waals surface area contributed by atoms with Gasteiger partial charge in [0.1, 0.15) is 16.5 Å². The zero-order valence-electron chi connectivity index (χ0n) is 14.4. The summed E-state index contributed by atoms with van der Waals surface area (Å²) < 4.78 is 23.4. The summed E-state index contributed by atoms with van der Waals surface area (Å²) in [6.45, 7) is 1.50. The lowest BCUT2D eigenvalue weighted by molar-refractivity contribution is -0.387. The summed E-state index contributed by atoms with van der Waals surface area (Å²) in [6.07, 6.45) is 0. The Morgan fingerprint density at radius 3 is 2.54 bits per heavy atom. The largest absolute Gasteiger partial charge is 0.427 e. The van der Waals surface area contributed by atoms with Crippen molar-refractivity contribution in [1.29, 1.82) is 0 Å². The lowest BCUT2D eigenvalue weighted by Crippen LogP contribution is -2.13. The van der Waals surface area contributed by atoms with E-state index in [9.17, 15) is 24.1 Å². The highest BCUT2D eigenvalue weighted by Gasteiger charge is 2.21. The van der Waals surface area contributed by atoms with Gasteiger partial charge >= 0.3 is 11.6 Å². The van der Waals surface area contributed by atoms with E-state index in [4.69, 9.17) is 9.15 Å². The maximum atomic E-state index is 13.0. The molecule has 0 spiro atoms. The van der Waals surface area contributed by atoms with E-state index in [1.165, 1.54) is 43.3 Å². The third-order valence-corrected chi connectivity index (χ3v) is 4.69. The molecule has 0 bridgehead atoms. The van der Waals surface area contributed by atoms with Gasteiger partial charge in [0.25, 0.3) is 5.69 Å². The topological polar surface area (TPSA) is 99.6 Å². The minimum atomic E-state index is -0.811. The Kier molecular flexibility index (Phi) is 5.55. The molecule has 1 aromatic heterocycles. The molecule has 9 heteroatoms. The predicted octanol–water partition coefficient (Wildman–Crippen LogP) is 4.37. The maximum Gasteiger partial charge on any atom is 0.353 e. The van der Waals surface area contributed by atoms with Gasteiger partial charge in [0, 0.05) is 12.1 Å². The van der Waals surface area contributed by atoms with E-state index in [1.54, 1.807) is 6.07 Å². The number of ether oxygens (including phenoxy) is 1. The highest BCUT2D eigenvalue weighted by atomic mass is 32.2. The number of carbonyl (C=O) groups excluding carboxylic acids is 1. The van der Waals surface area contributed by atoms with Gasteiger partial charge in [-0.05, 0) is 37.3 Å². The Morgan fingerprint density at radius 2 is 1.86 bits per heavy atom. The van der Waals surface area contributed by atoms with E-state index < -0.39 is 22.3 Å². The second-order valence-electron chi connectivity index (χ2n) is 5.56. The number of nitro groups is 1. The van der Waals surface area contributed by atoms with Crippen molar-refractivity contribution in [3.63, 3.8) is 0 Å². The molecule has 0 unspecified atom stereocenters. The van der Waals surface area contributed by atoms with Crippen molar-refractivity contribution < 1.29 is 23.3 Å². The monoisotopic (exact) mass is 401 g/mol. The lowest BCUT2D eigenvalue weighted by Gasteiger charge is -2.09. The molecular formula is C19H12FNO6S. The van der Waals surface area contributed by atoms with Crippen LogP contribution in [-0.2, 0) is 0 Å². The number of carbonyl (C=O) groups is 1. The molecule has 3 rings (SSSR count). The van der Waals surface area contributed by atoms with E-state index in [1.807, 2.05) is 0 Å². The molecule has 142 valence electrons. The number of para-hydroxylation sites is 1. The number of rotatable bonds is 5. The first-order chi connectivity index (χ1) is 13.3. The third kappa shape index (κ3) is 4.26. The molecular weight excluding hydrogens is 389 g/mol. The van der Waals surface area contributed by atoms with E-state index in [2.05, 4.69) is 0 Å². The Morgan fingerprint density at radius 1 is 1.18 bits per heavy atom. The van der Waals surface area contributed by atoms with Gasteiger partial charge in [-0.1, -0.05) is 23.9 Å². The van der Waals surface area contributed by atoms with Gasteiger partial charge in [0.2, 0.25) is 0 Å². The number of nitrogens with zero attached hydrogens (tertiary/aromatic N) is 1. The lowest BCUT2D eigenvalue weighted by atomic mass is 10.2. The van der Waals surface area contributed by atoms with Crippen LogP contribution in [0.3, 0.4) is 0 Å². The van der Waals surface area contributed by atoms with Crippen molar-refractivity contribution in [2.45, 2.75) is 16.7 Å². The molecule has 0 atom stereocenters. The second kappa shape index (κ2) is 8.05. The number of hydrogen-bond acceptors (Lipinski definition) is 7. The Bertz CT molecular complexity index is 1110. The summed E-state index contributed by atoms with van der Waals surface area (Å²) in [5.74, 6) is -1.24. The van der Waals surface area contributed by atoms with Gasteiger partial charge in [-0.25, -0.2) is 14.0 Å². The van der Waals surface area contributed by atoms with Crippen LogP contribution in [0.4, 0.5) is 10.1 Å². The van der Waals surface area contributed by atoms with Crippen LogP contribution < -0.4 is 10.4 Å². The number of benzene rings is 2. The fraction of sp³-hybridized carbons (Fsp3) is 0.0526. The second-order valence-corrected chi connectivity index (χ2v) is 6.61. The molecule has 0 amide bonds. The number of esters is 1. The van der Waals surface area contributed by atoms with E-state index in [0.29, 0.717) is 0 Å². The van der Waals surface area contributed by atoms with Crippen LogP contribution in [0.15, 0.2) is 73.6 Å². The molecule has 0 radical (unpaired) electrons. The van der Waals surface area contributed by atoms with Crippen molar-refractivity contribution in [3.8, 4) is 5.75 Å². The summed E-state index contributed by atoms with van der Waals surface area (Å²) >= 11 is 0.759. The van der Waals surface area contributed by atoms with E-state index in [-0.39, 0.29) is 32.6 Å². The number of aryl methyl sites for hydroxylation is 1. The van der Waals surface area contributed by atoms with Gasteiger partial charge in [0.15, 0.2) is 5.75 Å². The average Bonchev–Trinajstić information content (AvgIpc) is 2.65. The molecule has 0 saturated heterocycles. The number of hydrogen-bond donors (Lipinski definition) is 0. The van der Waals surface area contributed by atoms with Crippen molar-refractivity contribution in [1.82, 2.24) is 0 Å². The van der Waals surface area contributed by atoms with Gasteiger partial charge in [-0.3, -0.25) is 10.1 Å². The molecule has 7 nitrogen and oxygen atoms in total. The highest BCUT2D eigenvalue weighted by molar-refractivity contribution is 7.99. The summed E-state index contributed by atoms with van der Waals surface area (Å²) in [5.41, 5.74) is -0.928. The van der Waals surface area contributed by atoms with Gasteiger partial charge in [-0.15, -0.1) is 0 Å². The first-order valence-electron chi connectivity index (χ1n) is 7.89. The molecule has 2 aromatic carbocycles. The fourth-order valence-electron chi connectivity index (χ4n) is 2.29. The van der Waals surface area contributed by atoms with Crippen molar-refractivity contribution in [3.05, 3.63) is 92.3 Å². The first-order valence-corrected chi connectivity index (χ1v) is 8.70. The van der Waals surface area contributed by atoms with Crippen LogP contribution in [0.5, 0.6) is 5.75 Å². The van der Waals surface area contributed by atoms with Gasteiger partial charge in [0.05, 0.1) is 15.4 Å². The zero-order valence-corrected chi connectivity index (χ0v) is 15.2. The van der Waals surface area contributed by atoms with Crippen molar-refractivity contribution in [2.24, 2.45) is 0 Å². The summed E-state index contributed by atoms with van der Waals surface area (Å²) in [4.78, 5) is 35.3. The normalized spacial score (nSPS) is 10.5. The van der Waals surface area contributed by atoms with Crippen LogP contribution in [0.25, 0.3) is 0 Å². The van der Waals surface area contributed by atoms with Crippen LogP contribution in [0.2, 0.25) is 0 Å². The predicted molar refractivity (Wildman–Crippen MR) is 98.3 cm³/mol. The maximum absolute atomic E-state index is 13.0. The molecule has 0 aliphatic heterocycles. The van der Waals surface area contributed by atoms with Gasteiger partial charge in [-0.2, -0.15) is 0 Å². The Labute approximate surface area is 161 Å². The fourth-order valence-corrected chi connectivity index (χ4v) is 3.23. The Hall–Kier alpha value is -3.46. The molecule has 28 heavy (non-hydrogen) atoms. The molecule has 0 saturated carbocycles. The van der Waals surface area contributed by atoms with Crippen molar-refractivity contribution >= 4 is 23.4 Å². The van der Waals surface area contributed by atoms with E-state index >= 15 is 0 Å². The molecule has 0 N–H and O–H groups in total. The molecule has 1 heterocycles. The number of nitro benzene ring substituents is 1. The Balaban J connectivity index is 1.99. The van der Waals surface area contributed by atoms with Gasteiger partial charge < -0.3 is 9.15 Å². The number of halogens is 1. The SMILES string of the molecule is Cc1cc(OC(=O)c2ccc(F)cc2)c(Sc2ccccc2[N+](=O)[O-])c(=O)o1. The van der Waals surface area contributed by atoms with Crippen LogP contribution in [-0.4, -0.2) is 10.9 Å². The molecule has 0 aliphatic carbocycles. The summed E-state index contributed by atoms with van der Waals surface area (Å²) in [5, 5.41) is 11.2. The average molecular weight is 401 g/mol. The van der Waals surface area contributed by atoms with Crippen LogP contribution >= 0.6 is 11.8 Å². The van der Waals surface area contributed by atoms with E-state index in [0.717, 1.165) is 23.9 Å². The standard InChI is InChI=1S/C19H12FNO6S/c1-11-10-15(27-18(22)12-6-8-13(20)9-7-12)17(19(23)26-11)28-16-5-3-2-4-14(16)21(24)25/h2-10H,1H3.